The number of nitrogens with zero attached hydrogens (tertiary/aromatic N) is 4. The summed E-state index contributed by atoms with van der Waals surface area (Å²) in [7, 11) is -6.84. The van der Waals surface area contributed by atoms with Crippen LogP contribution in [-0.4, -0.2) is 69.0 Å². The standard InChI is InChI=1S/C34H57FN4O5Si3/c1-32(2,3)45(10,11)41-20-25-27(43-46(12,13)33(4,5)6)28(44-47(14,15)34(7,8)9)31(42-25)39-21-36-26-29(39)37-22-38(30(26)40)24-18-16-17-23(35)19-24/h16-19,21-22,25,27-28,31H,20H2,1-15H3/t25-,27?,28+,31-/m1/s1. The van der Waals surface area contributed by atoms with Crippen molar-refractivity contribution in [2.75, 3.05) is 6.61 Å². The van der Waals surface area contributed by atoms with Crippen molar-refractivity contribution in [3.63, 3.8) is 0 Å². The molecule has 1 unspecified atom stereocenters. The van der Waals surface area contributed by atoms with E-state index in [9.17, 15) is 9.18 Å². The maximum atomic E-state index is 14.0. The van der Waals surface area contributed by atoms with Gasteiger partial charge in [-0.1, -0.05) is 68.4 Å². The molecule has 1 fully saturated rings. The molecule has 262 valence electrons. The zero-order valence-corrected chi connectivity index (χ0v) is 34.2. The van der Waals surface area contributed by atoms with Gasteiger partial charge in [0.15, 0.2) is 42.3 Å². The molecule has 1 aliphatic rings. The van der Waals surface area contributed by atoms with Gasteiger partial charge in [0.25, 0.3) is 5.56 Å². The van der Waals surface area contributed by atoms with Gasteiger partial charge in [0.05, 0.1) is 18.6 Å². The molecule has 0 N–H and O–H groups in total. The van der Waals surface area contributed by atoms with Gasteiger partial charge in [-0.3, -0.25) is 13.9 Å². The van der Waals surface area contributed by atoms with Crippen LogP contribution in [-0.2, 0) is 18.0 Å². The number of ether oxygens (including phenoxy) is 1. The zero-order chi connectivity index (χ0) is 35.5. The van der Waals surface area contributed by atoms with Crippen molar-refractivity contribution in [1.29, 1.82) is 0 Å². The fourth-order valence-electron chi connectivity index (χ4n) is 4.78. The Bertz CT molecular complexity index is 1640. The molecule has 3 heterocycles. The van der Waals surface area contributed by atoms with E-state index in [4.69, 9.17) is 18.0 Å². The third-order valence-electron chi connectivity index (χ3n) is 11.0. The van der Waals surface area contributed by atoms with Crippen molar-refractivity contribution in [1.82, 2.24) is 19.1 Å². The largest absolute Gasteiger partial charge is 0.414 e. The van der Waals surface area contributed by atoms with Gasteiger partial charge in [-0.25, -0.2) is 14.4 Å². The highest BCUT2D eigenvalue weighted by Gasteiger charge is 2.55. The van der Waals surface area contributed by atoms with E-state index in [1.807, 2.05) is 0 Å². The molecule has 1 aliphatic heterocycles. The summed E-state index contributed by atoms with van der Waals surface area (Å²) in [5, 5.41) is -0.116. The van der Waals surface area contributed by atoms with Gasteiger partial charge in [0, 0.05) is 0 Å². The van der Waals surface area contributed by atoms with Gasteiger partial charge < -0.3 is 18.0 Å². The number of aromatic nitrogens is 4. The monoisotopic (exact) mass is 704 g/mol. The fourth-order valence-corrected chi connectivity index (χ4v) is 8.40. The Hall–Kier alpha value is -2.01. The van der Waals surface area contributed by atoms with E-state index in [0.29, 0.717) is 17.9 Å². The highest BCUT2D eigenvalue weighted by Crippen LogP contribution is 2.46. The molecule has 47 heavy (non-hydrogen) atoms. The topological polar surface area (TPSA) is 89.6 Å². The summed E-state index contributed by atoms with van der Waals surface area (Å²) in [5.41, 5.74) is 0.509. The Morgan fingerprint density at radius 3 is 1.89 bits per heavy atom. The molecule has 1 aromatic carbocycles. The predicted molar refractivity (Wildman–Crippen MR) is 194 cm³/mol. The third kappa shape index (κ3) is 7.61. The summed E-state index contributed by atoms with van der Waals surface area (Å²) in [6, 6.07) is 5.85. The fraction of sp³-hybridized carbons (Fsp3) is 0.676. The van der Waals surface area contributed by atoms with Crippen molar-refractivity contribution < 1.29 is 22.4 Å². The van der Waals surface area contributed by atoms with Crippen LogP contribution < -0.4 is 5.56 Å². The summed E-state index contributed by atoms with van der Waals surface area (Å²) in [6.45, 7) is 33.8. The first-order valence-corrected chi connectivity index (χ1v) is 25.4. The van der Waals surface area contributed by atoms with Crippen LogP contribution >= 0.6 is 0 Å². The molecular formula is C34H57FN4O5Si3. The Balaban J connectivity index is 1.86. The summed E-state index contributed by atoms with van der Waals surface area (Å²) < 4.78 is 45.4. The molecule has 13 heteroatoms. The lowest BCUT2D eigenvalue weighted by molar-refractivity contribution is -0.0470. The number of benzene rings is 1. The van der Waals surface area contributed by atoms with Crippen molar-refractivity contribution in [2.24, 2.45) is 0 Å². The predicted octanol–water partition coefficient (Wildman–Crippen LogP) is 8.42. The van der Waals surface area contributed by atoms with Crippen LogP contribution in [0.1, 0.15) is 68.5 Å². The number of imidazole rings is 1. The van der Waals surface area contributed by atoms with Crippen LogP contribution in [0.25, 0.3) is 16.9 Å². The highest BCUT2D eigenvalue weighted by molar-refractivity contribution is 6.75. The van der Waals surface area contributed by atoms with Crippen LogP contribution in [0.15, 0.2) is 41.7 Å². The molecule has 0 aliphatic carbocycles. The molecule has 4 atom stereocenters. The van der Waals surface area contributed by atoms with Crippen molar-refractivity contribution >= 4 is 36.1 Å². The molecule has 1 saturated heterocycles. The number of hydrogen-bond acceptors (Lipinski definition) is 7. The Labute approximate surface area is 283 Å². The van der Waals surface area contributed by atoms with Crippen LogP contribution in [0.4, 0.5) is 4.39 Å². The maximum Gasteiger partial charge on any atom is 0.286 e. The lowest BCUT2D eigenvalue weighted by atomic mass is 10.1. The smallest absolute Gasteiger partial charge is 0.286 e. The average molecular weight is 705 g/mol. The van der Waals surface area contributed by atoms with Gasteiger partial charge in [-0.05, 0) is 72.6 Å². The summed E-state index contributed by atoms with van der Waals surface area (Å²) in [4.78, 5) is 22.9. The average Bonchev–Trinajstić information content (AvgIpc) is 3.47. The molecule has 9 nitrogen and oxygen atoms in total. The maximum absolute atomic E-state index is 14.0. The van der Waals surface area contributed by atoms with Gasteiger partial charge in [0.1, 0.15) is 30.5 Å². The second-order valence-corrected chi connectivity index (χ2v) is 31.9. The van der Waals surface area contributed by atoms with Gasteiger partial charge in [0.2, 0.25) is 0 Å². The number of hydrogen-bond donors (Lipinski definition) is 0. The van der Waals surface area contributed by atoms with Gasteiger partial charge in [-0.2, -0.15) is 0 Å². The SMILES string of the molecule is CC(C)(C)[Si](C)(C)OC[C@H]1O[C@@H](n2cnc3c(=O)n(-c4cccc(F)c4)cnc32)[C@@H](O[Si](C)(C)C(C)(C)C)C1O[Si](C)(C)C(C)(C)C. The Morgan fingerprint density at radius 1 is 0.809 bits per heavy atom. The Morgan fingerprint density at radius 2 is 1.36 bits per heavy atom. The van der Waals surface area contributed by atoms with E-state index in [1.54, 1.807) is 23.0 Å². The van der Waals surface area contributed by atoms with Gasteiger partial charge >= 0.3 is 0 Å². The molecule has 3 aromatic rings. The molecule has 0 bridgehead atoms. The summed E-state index contributed by atoms with van der Waals surface area (Å²) in [6.07, 6.45) is 0.977. The normalized spacial score (nSPS) is 22.0. The lowest BCUT2D eigenvalue weighted by Crippen LogP contribution is -2.54. The van der Waals surface area contributed by atoms with Crippen LogP contribution in [0, 0.1) is 5.82 Å². The minimum absolute atomic E-state index is 0.0177. The number of halogens is 1. The quantitative estimate of drug-likeness (QED) is 0.207. The third-order valence-corrected chi connectivity index (χ3v) is 24.5. The summed E-state index contributed by atoms with van der Waals surface area (Å²) in [5.74, 6) is -0.441. The van der Waals surface area contributed by atoms with E-state index in [2.05, 4.69) is 112 Å². The highest BCUT2D eigenvalue weighted by atomic mass is 28.4. The number of rotatable bonds is 9. The van der Waals surface area contributed by atoms with Gasteiger partial charge in [-0.15, -0.1) is 0 Å². The molecule has 0 saturated carbocycles. The van der Waals surface area contributed by atoms with E-state index in [-0.39, 0.29) is 20.6 Å². The second-order valence-electron chi connectivity index (χ2n) is 17.5. The van der Waals surface area contributed by atoms with E-state index < -0.39 is 60.9 Å². The van der Waals surface area contributed by atoms with E-state index >= 15 is 0 Å². The first-order chi connectivity index (χ1) is 21.3. The zero-order valence-electron chi connectivity index (χ0n) is 31.2. The first-order valence-electron chi connectivity index (χ1n) is 16.6. The van der Waals surface area contributed by atoms with Crippen LogP contribution in [0.2, 0.25) is 54.4 Å². The minimum atomic E-state index is -2.38. The van der Waals surface area contributed by atoms with Crippen molar-refractivity contribution in [3.05, 3.63) is 53.1 Å². The summed E-state index contributed by atoms with van der Waals surface area (Å²) >= 11 is 0. The lowest BCUT2D eigenvalue weighted by Gasteiger charge is -2.44. The van der Waals surface area contributed by atoms with Crippen molar-refractivity contribution in [3.8, 4) is 5.69 Å². The van der Waals surface area contributed by atoms with E-state index in [0.717, 1.165) is 0 Å². The molecule has 0 spiro atoms. The van der Waals surface area contributed by atoms with Crippen LogP contribution in [0.5, 0.6) is 0 Å². The second kappa shape index (κ2) is 12.7. The van der Waals surface area contributed by atoms with Crippen molar-refractivity contribution in [2.45, 2.75) is 141 Å². The number of fused-ring (bicyclic) bond motifs is 1. The molecule has 0 amide bonds. The molecular weight excluding hydrogens is 648 g/mol. The van der Waals surface area contributed by atoms with Crippen LogP contribution in [0.3, 0.4) is 0 Å². The molecule has 0 radical (unpaired) electrons. The first kappa shape index (κ1) is 37.8. The molecule has 4 rings (SSSR count). The van der Waals surface area contributed by atoms with E-state index in [1.165, 1.54) is 23.0 Å². The Kier molecular flexibility index (Phi) is 10.2. The molecule has 2 aromatic heterocycles. The minimum Gasteiger partial charge on any atom is -0.414 e.